The lowest BCUT2D eigenvalue weighted by Crippen LogP contribution is -2.51. The van der Waals surface area contributed by atoms with Gasteiger partial charge in [0.05, 0.1) is 7.11 Å². The third kappa shape index (κ3) is 2.76. The largest absolute Gasteiger partial charge is 0.497 e. The fraction of sp³-hybridized carbons (Fsp3) is 0.385. The number of amides is 1. The van der Waals surface area contributed by atoms with E-state index >= 15 is 0 Å². The molecule has 120 valence electrons. The molecule has 0 aromatic heterocycles. The Hall–Kier alpha value is -2.16. The Morgan fingerprint density at radius 1 is 1.32 bits per heavy atom. The van der Waals surface area contributed by atoms with Crippen molar-refractivity contribution in [3.8, 4) is 5.75 Å². The lowest BCUT2D eigenvalue weighted by atomic mass is 10.1. The van der Waals surface area contributed by atoms with Crippen molar-refractivity contribution in [3.63, 3.8) is 0 Å². The van der Waals surface area contributed by atoms with Crippen molar-refractivity contribution in [2.75, 3.05) is 7.11 Å². The van der Waals surface area contributed by atoms with Gasteiger partial charge in [-0.15, -0.1) is 0 Å². The van der Waals surface area contributed by atoms with Gasteiger partial charge in [0.2, 0.25) is 5.72 Å². The first-order chi connectivity index (χ1) is 10.3. The highest BCUT2D eigenvalue weighted by atomic mass is 19.3. The van der Waals surface area contributed by atoms with Gasteiger partial charge >= 0.3 is 0 Å². The highest BCUT2D eigenvalue weighted by molar-refractivity contribution is 5.99. The van der Waals surface area contributed by atoms with Crippen LogP contribution in [0.2, 0.25) is 0 Å². The summed E-state index contributed by atoms with van der Waals surface area (Å²) in [5.41, 5.74) is -4.15. The first-order valence-corrected chi connectivity index (χ1v) is 6.14. The van der Waals surface area contributed by atoms with Crippen molar-refractivity contribution in [3.05, 3.63) is 29.8 Å². The van der Waals surface area contributed by atoms with Crippen LogP contribution in [-0.4, -0.2) is 47.4 Å². The van der Waals surface area contributed by atoms with Crippen LogP contribution >= 0.6 is 0 Å². The summed E-state index contributed by atoms with van der Waals surface area (Å²) in [5, 5.41) is 13.0. The number of halogens is 4. The first-order valence-electron chi connectivity index (χ1n) is 6.14. The highest BCUT2D eigenvalue weighted by Crippen LogP contribution is 2.34. The van der Waals surface area contributed by atoms with Crippen molar-refractivity contribution in [2.24, 2.45) is 5.10 Å². The van der Waals surface area contributed by atoms with Crippen molar-refractivity contribution in [1.82, 2.24) is 5.01 Å². The first kappa shape index (κ1) is 16.2. The molecule has 1 aromatic rings. The van der Waals surface area contributed by atoms with E-state index in [1.807, 2.05) is 0 Å². The Bertz CT molecular complexity index is 591. The number of carbonyl (C=O) groups is 1. The van der Waals surface area contributed by atoms with E-state index in [1.165, 1.54) is 31.4 Å². The van der Waals surface area contributed by atoms with E-state index in [0.29, 0.717) is 5.75 Å². The molecule has 1 heterocycles. The van der Waals surface area contributed by atoms with Crippen LogP contribution in [0.25, 0.3) is 0 Å². The van der Waals surface area contributed by atoms with Crippen LogP contribution < -0.4 is 4.74 Å². The maximum Gasteiger partial charge on any atom is 0.287 e. The molecule has 22 heavy (non-hydrogen) atoms. The zero-order valence-electron chi connectivity index (χ0n) is 11.3. The molecule has 1 aliphatic rings. The standard InChI is InChI=1S/C13H12F4N2O3/c1-22-8-4-2-7(3-5-8)11(20)19-13(21,12(16)17)6-9(18-19)10(14)15/h2-5,10,12,21H,6H2,1H3/t13-/m0/s1. The SMILES string of the molecule is COc1ccc(C(=O)N2N=C(C(F)F)C[C@]2(O)C(F)F)cc1. The summed E-state index contributed by atoms with van der Waals surface area (Å²) < 4.78 is 56.2. The summed E-state index contributed by atoms with van der Waals surface area (Å²) in [6, 6.07) is 5.29. The molecule has 0 fully saturated rings. The van der Waals surface area contributed by atoms with Gasteiger partial charge in [-0.25, -0.2) is 17.6 Å². The van der Waals surface area contributed by atoms with E-state index in [1.54, 1.807) is 0 Å². The Balaban J connectivity index is 2.35. The molecule has 0 radical (unpaired) electrons. The van der Waals surface area contributed by atoms with Gasteiger partial charge in [-0.2, -0.15) is 10.1 Å². The molecule has 1 aromatic carbocycles. The highest BCUT2D eigenvalue weighted by Gasteiger charge is 2.53. The molecule has 1 amide bonds. The predicted octanol–water partition coefficient (Wildman–Crippen LogP) is 2.12. The third-order valence-electron chi connectivity index (χ3n) is 3.17. The number of hydrogen-bond acceptors (Lipinski definition) is 4. The lowest BCUT2D eigenvalue weighted by Gasteiger charge is -2.30. The molecule has 0 spiro atoms. The average Bonchev–Trinajstić information content (AvgIpc) is 2.86. The summed E-state index contributed by atoms with van der Waals surface area (Å²) in [5.74, 6) is -0.694. The summed E-state index contributed by atoms with van der Waals surface area (Å²) in [6.07, 6.45) is -7.70. The van der Waals surface area contributed by atoms with Crippen LogP contribution in [-0.2, 0) is 0 Å². The van der Waals surface area contributed by atoms with E-state index in [2.05, 4.69) is 5.10 Å². The summed E-state index contributed by atoms with van der Waals surface area (Å²) in [7, 11) is 1.39. The summed E-state index contributed by atoms with van der Waals surface area (Å²) >= 11 is 0. The van der Waals surface area contributed by atoms with Gasteiger partial charge in [-0.3, -0.25) is 4.79 Å². The van der Waals surface area contributed by atoms with Gasteiger partial charge in [-0.1, -0.05) is 0 Å². The Morgan fingerprint density at radius 3 is 2.36 bits per heavy atom. The van der Waals surface area contributed by atoms with E-state index in [9.17, 15) is 27.5 Å². The molecule has 2 rings (SSSR count). The van der Waals surface area contributed by atoms with E-state index in [-0.39, 0.29) is 10.6 Å². The van der Waals surface area contributed by atoms with Crippen LogP contribution in [0.5, 0.6) is 5.75 Å². The Morgan fingerprint density at radius 2 is 1.91 bits per heavy atom. The Labute approximate surface area is 122 Å². The molecule has 1 aliphatic heterocycles. The van der Waals surface area contributed by atoms with Crippen LogP contribution in [0, 0.1) is 0 Å². The smallest absolute Gasteiger partial charge is 0.287 e. The second-order valence-electron chi connectivity index (χ2n) is 4.59. The molecule has 0 bridgehead atoms. The number of rotatable bonds is 4. The minimum atomic E-state index is -3.45. The number of benzene rings is 1. The van der Waals surface area contributed by atoms with Crippen molar-refractivity contribution in [2.45, 2.75) is 25.0 Å². The predicted molar refractivity (Wildman–Crippen MR) is 68.2 cm³/mol. The number of alkyl halides is 4. The van der Waals surface area contributed by atoms with Crippen LogP contribution in [0.15, 0.2) is 29.4 Å². The van der Waals surface area contributed by atoms with Crippen LogP contribution in [0.3, 0.4) is 0 Å². The van der Waals surface area contributed by atoms with E-state index in [0.717, 1.165) is 0 Å². The molecule has 1 atom stereocenters. The quantitative estimate of drug-likeness (QED) is 0.865. The molecular formula is C13H12F4N2O3. The molecular weight excluding hydrogens is 308 g/mol. The molecule has 5 nitrogen and oxygen atoms in total. The van der Waals surface area contributed by atoms with Crippen LogP contribution in [0.4, 0.5) is 17.6 Å². The second kappa shape index (κ2) is 5.91. The minimum absolute atomic E-state index is 0.0149. The number of hydrogen-bond donors (Lipinski definition) is 1. The number of hydrazone groups is 1. The molecule has 0 aliphatic carbocycles. The zero-order valence-corrected chi connectivity index (χ0v) is 11.3. The van der Waals surface area contributed by atoms with Gasteiger partial charge in [0.15, 0.2) is 0 Å². The molecule has 9 heteroatoms. The van der Waals surface area contributed by atoms with Gasteiger partial charge in [0.25, 0.3) is 18.8 Å². The van der Waals surface area contributed by atoms with Crippen LogP contribution in [0.1, 0.15) is 16.8 Å². The van der Waals surface area contributed by atoms with Crippen molar-refractivity contribution < 1.29 is 32.2 Å². The van der Waals surface area contributed by atoms with E-state index in [4.69, 9.17) is 4.74 Å². The zero-order chi connectivity index (χ0) is 16.5. The number of carbonyl (C=O) groups excluding carboxylic acids is 1. The van der Waals surface area contributed by atoms with Gasteiger partial charge in [0.1, 0.15) is 11.5 Å². The number of aliphatic hydroxyl groups is 1. The fourth-order valence-corrected chi connectivity index (χ4v) is 1.96. The van der Waals surface area contributed by atoms with Crippen molar-refractivity contribution >= 4 is 11.6 Å². The normalized spacial score (nSPS) is 21.5. The topological polar surface area (TPSA) is 62.1 Å². The average molecular weight is 320 g/mol. The monoisotopic (exact) mass is 320 g/mol. The number of nitrogens with zero attached hydrogens (tertiary/aromatic N) is 2. The summed E-state index contributed by atoms with van der Waals surface area (Å²) in [4.78, 5) is 12.2. The summed E-state index contributed by atoms with van der Waals surface area (Å²) in [6.45, 7) is 0. The second-order valence-corrected chi connectivity index (χ2v) is 4.59. The molecule has 0 saturated heterocycles. The lowest BCUT2D eigenvalue weighted by molar-refractivity contribution is -0.164. The minimum Gasteiger partial charge on any atom is -0.497 e. The van der Waals surface area contributed by atoms with Gasteiger partial charge in [0, 0.05) is 12.0 Å². The van der Waals surface area contributed by atoms with Gasteiger partial charge < -0.3 is 9.84 Å². The molecule has 0 unspecified atom stereocenters. The molecule has 0 saturated carbocycles. The number of ether oxygens (including phenoxy) is 1. The maximum absolute atomic E-state index is 13.0. The Kier molecular flexibility index (Phi) is 4.36. The molecule has 1 N–H and O–H groups in total. The van der Waals surface area contributed by atoms with Crippen molar-refractivity contribution in [1.29, 1.82) is 0 Å². The van der Waals surface area contributed by atoms with E-state index < -0.39 is 36.6 Å². The number of methoxy groups -OCH3 is 1. The maximum atomic E-state index is 13.0. The fourth-order valence-electron chi connectivity index (χ4n) is 1.96. The third-order valence-corrected chi connectivity index (χ3v) is 3.17. The van der Waals surface area contributed by atoms with Gasteiger partial charge in [-0.05, 0) is 24.3 Å².